The lowest BCUT2D eigenvalue weighted by atomic mass is 10.0. The molecule has 1 aromatic carbocycles. The Hall–Kier alpha value is -1.98. The van der Waals surface area contributed by atoms with E-state index in [1.165, 1.54) is 0 Å². The summed E-state index contributed by atoms with van der Waals surface area (Å²) in [5, 5.41) is 17.6. The number of aliphatic hydroxyl groups is 1. The van der Waals surface area contributed by atoms with Gasteiger partial charge in [0, 0.05) is 11.6 Å². The van der Waals surface area contributed by atoms with Crippen molar-refractivity contribution in [2.24, 2.45) is 4.99 Å². The fourth-order valence-electron chi connectivity index (χ4n) is 2.17. The van der Waals surface area contributed by atoms with Gasteiger partial charge in [-0.25, -0.2) is 4.99 Å². The molecule has 0 amide bonds. The molecule has 3 N–H and O–H groups in total. The average Bonchev–Trinajstić information content (AvgIpc) is 2.99. The molecule has 6 heteroatoms. The Labute approximate surface area is 147 Å². The standard InChI is InChI=1S/C18H24ClN3O2/c1-4-20-17(21-11-14-6-8-15(19)9-7-14)22-12-18(3,23)16-10-5-13(2)24-16/h5-10,23H,4,11-12H2,1-3H3,(H2,20,21,22). The van der Waals surface area contributed by atoms with E-state index in [9.17, 15) is 5.11 Å². The summed E-state index contributed by atoms with van der Waals surface area (Å²) in [6.07, 6.45) is 0. The van der Waals surface area contributed by atoms with Crippen LogP contribution in [0.15, 0.2) is 45.8 Å². The summed E-state index contributed by atoms with van der Waals surface area (Å²) < 4.78 is 5.52. The van der Waals surface area contributed by atoms with Crippen LogP contribution in [-0.2, 0) is 12.1 Å². The van der Waals surface area contributed by atoms with E-state index in [-0.39, 0.29) is 6.54 Å². The van der Waals surface area contributed by atoms with Gasteiger partial charge in [0.1, 0.15) is 17.1 Å². The molecular weight excluding hydrogens is 326 g/mol. The molecular formula is C18H24ClN3O2. The Bertz CT molecular complexity index is 678. The summed E-state index contributed by atoms with van der Waals surface area (Å²) in [5.41, 5.74) is -0.0601. The molecule has 0 saturated heterocycles. The molecule has 130 valence electrons. The average molecular weight is 350 g/mol. The molecule has 5 nitrogen and oxygen atoms in total. The van der Waals surface area contributed by atoms with Crippen LogP contribution in [0.25, 0.3) is 0 Å². The Morgan fingerprint density at radius 3 is 2.50 bits per heavy atom. The number of guanidine groups is 1. The van der Waals surface area contributed by atoms with Gasteiger partial charge < -0.3 is 20.2 Å². The first-order valence-corrected chi connectivity index (χ1v) is 8.34. The zero-order valence-electron chi connectivity index (χ0n) is 14.3. The molecule has 1 atom stereocenters. The van der Waals surface area contributed by atoms with Crippen LogP contribution in [0.5, 0.6) is 0 Å². The van der Waals surface area contributed by atoms with Crippen LogP contribution < -0.4 is 10.6 Å². The number of nitrogens with zero attached hydrogens (tertiary/aromatic N) is 1. The molecule has 0 saturated carbocycles. The lowest BCUT2D eigenvalue weighted by molar-refractivity contribution is 0.0378. The summed E-state index contributed by atoms with van der Waals surface area (Å²) >= 11 is 5.89. The van der Waals surface area contributed by atoms with Crippen molar-refractivity contribution in [3.63, 3.8) is 0 Å². The summed E-state index contributed by atoms with van der Waals surface area (Å²) in [5.74, 6) is 1.94. The number of hydrogen-bond acceptors (Lipinski definition) is 3. The van der Waals surface area contributed by atoms with Crippen LogP contribution >= 0.6 is 11.6 Å². The fourth-order valence-corrected chi connectivity index (χ4v) is 2.29. The SMILES string of the molecule is CCNC(=NCc1ccc(Cl)cc1)NCC(C)(O)c1ccc(C)o1. The molecule has 0 fully saturated rings. The smallest absolute Gasteiger partial charge is 0.191 e. The molecule has 0 aliphatic carbocycles. The monoisotopic (exact) mass is 349 g/mol. The van der Waals surface area contributed by atoms with Crippen molar-refractivity contribution in [1.82, 2.24) is 10.6 Å². The molecule has 2 aromatic rings. The third-order valence-corrected chi connectivity index (χ3v) is 3.80. The van der Waals surface area contributed by atoms with E-state index in [0.717, 1.165) is 17.9 Å². The summed E-state index contributed by atoms with van der Waals surface area (Å²) in [4.78, 5) is 4.52. The summed E-state index contributed by atoms with van der Waals surface area (Å²) in [6.45, 7) is 7.09. The molecule has 1 unspecified atom stereocenters. The Morgan fingerprint density at radius 2 is 1.92 bits per heavy atom. The van der Waals surface area contributed by atoms with E-state index in [1.54, 1.807) is 13.0 Å². The molecule has 0 aliphatic rings. The van der Waals surface area contributed by atoms with Gasteiger partial charge in [-0.05, 0) is 50.6 Å². The van der Waals surface area contributed by atoms with E-state index in [1.807, 2.05) is 44.2 Å². The summed E-state index contributed by atoms with van der Waals surface area (Å²) in [7, 11) is 0. The molecule has 1 aromatic heterocycles. The molecule has 0 spiro atoms. The molecule has 24 heavy (non-hydrogen) atoms. The van der Waals surface area contributed by atoms with Gasteiger partial charge in [0.25, 0.3) is 0 Å². The highest BCUT2D eigenvalue weighted by atomic mass is 35.5. The molecule has 0 aliphatic heterocycles. The predicted octanol–water partition coefficient (Wildman–Crippen LogP) is 3.20. The first-order chi connectivity index (χ1) is 11.4. The van der Waals surface area contributed by atoms with Gasteiger partial charge in [0.2, 0.25) is 0 Å². The number of aryl methyl sites for hydroxylation is 1. The lowest BCUT2D eigenvalue weighted by Gasteiger charge is -2.22. The minimum absolute atomic E-state index is 0.284. The maximum Gasteiger partial charge on any atom is 0.191 e. The number of furan rings is 1. The Kier molecular flexibility index (Phi) is 6.29. The minimum Gasteiger partial charge on any atom is -0.463 e. The number of aliphatic imine (C=N–C) groups is 1. The lowest BCUT2D eigenvalue weighted by Crippen LogP contribution is -2.44. The van der Waals surface area contributed by atoms with Gasteiger partial charge in [-0.15, -0.1) is 0 Å². The minimum atomic E-state index is -1.12. The first kappa shape index (κ1) is 18.4. The predicted molar refractivity (Wildman–Crippen MR) is 97.3 cm³/mol. The number of rotatable bonds is 6. The van der Waals surface area contributed by atoms with Crippen LogP contribution in [0.1, 0.15) is 30.9 Å². The molecule has 0 bridgehead atoms. The third kappa shape index (κ3) is 5.28. The fraction of sp³-hybridized carbons (Fsp3) is 0.389. The van der Waals surface area contributed by atoms with Crippen molar-refractivity contribution < 1.29 is 9.52 Å². The van der Waals surface area contributed by atoms with Crippen LogP contribution in [0, 0.1) is 6.92 Å². The third-order valence-electron chi connectivity index (χ3n) is 3.55. The van der Waals surface area contributed by atoms with Crippen molar-refractivity contribution in [3.05, 3.63) is 58.5 Å². The van der Waals surface area contributed by atoms with E-state index in [0.29, 0.717) is 23.3 Å². The highest BCUT2D eigenvalue weighted by Gasteiger charge is 2.27. The maximum absolute atomic E-state index is 10.6. The quantitative estimate of drug-likeness (QED) is 0.553. The van der Waals surface area contributed by atoms with Crippen molar-refractivity contribution in [3.8, 4) is 0 Å². The first-order valence-electron chi connectivity index (χ1n) is 7.96. The second-order valence-electron chi connectivity index (χ2n) is 5.86. The highest BCUT2D eigenvalue weighted by Crippen LogP contribution is 2.21. The summed E-state index contributed by atoms with van der Waals surface area (Å²) in [6, 6.07) is 11.2. The van der Waals surface area contributed by atoms with Crippen LogP contribution in [-0.4, -0.2) is 24.2 Å². The second kappa shape index (κ2) is 8.22. The highest BCUT2D eigenvalue weighted by molar-refractivity contribution is 6.30. The number of nitrogens with one attached hydrogen (secondary N) is 2. The molecule has 0 radical (unpaired) electrons. The Morgan fingerprint density at radius 1 is 1.21 bits per heavy atom. The van der Waals surface area contributed by atoms with Gasteiger partial charge in [-0.3, -0.25) is 0 Å². The van der Waals surface area contributed by atoms with E-state index < -0.39 is 5.60 Å². The number of hydrogen-bond donors (Lipinski definition) is 3. The van der Waals surface area contributed by atoms with Gasteiger partial charge in [0.05, 0.1) is 13.1 Å². The normalized spacial score (nSPS) is 14.3. The van der Waals surface area contributed by atoms with Gasteiger partial charge in [-0.2, -0.15) is 0 Å². The van der Waals surface area contributed by atoms with Crippen LogP contribution in [0.3, 0.4) is 0 Å². The maximum atomic E-state index is 10.6. The van der Waals surface area contributed by atoms with E-state index in [4.69, 9.17) is 16.0 Å². The van der Waals surface area contributed by atoms with Crippen molar-refractivity contribution in [2.75, 3.05) is 13.1 Å². The van der Waals surface area contributed by atoms with Gasteiger partial charge in [-0.1, -0.05) is 23.7 Å². The number of halogens is 1. The van der Waals surface area contributed by atoms with Crippen molar-refractivity contribution >= 4 is 17.6 Å². The van der Waals surface area contributed by atoms with E-state index in [2.05, 4.69) is 15.6 Å². The van der Waals surface area contributed by atoms with Crippen molar-refractivity contribution in [2.45, 2.75) is 32.9 Å². The second-order valence-corrected chi connectivity index (χ2v) is 6.30. The van der Waals surface area contributed by atoms with Crippen LogP contribution in [0.4, 0.5) is 0 Å². The van der Waals surface area contributed by atoms with E-state index >= 15 is 0 Å². The van der Waals surface area contributed by atoms with Gasteiger partial charge in [0.15, 0.2) is 5.96 Å². The van der Waals surface area contributed by atoms with Crippen molar-refractivity contribution in [1.29, 1.82) is 0 Å². The Balaban J connectivity index is 1.99. The zero-order chi connectivity index (χ0) is 17.6. The molecule has 1 heterocycles. The number of benzene rings is 1. The van der Waals surface area contributed by atoms with Crippen LogP contribution in [0.2, 0.25) is 5.02 Å². The largest absolute Gasteiger partial charge is 0.463 e. The topological polar surface area (TPSA) is 69.8 Å². The zero-order valence-corrected chi connectivity index (χ0v) is 15.0. The molecule has 2 rings (SSSR count). The van der Waals surface area contributed by atoms with Gasteiger partial charge >= 0.3 is 0 Å².